The zero-order chi connectivity index (χ0) is 19.8. The Hall–Kier alpha value is -2.40. The highest BCUT2D eigenvalue weighted by Crippen LogP contribution is 2.46. The van der Waals surface area contributed by atoms with E-state index in [4.69, 9.17) is 4.74 Å². The van der Waals surface area contributed by atoms with E-state index >= 15 is 0 Å². The SMILES string of the molecule is COc1ccc(CN2C[C@@H]3CN(C(C)=O)[C@@H](c4ccccc4C)[C@@H]3C2)cc1F. The van der Waals surface area contributed by atoms with Gasteiger partial charge in [0.2, 0.25) is 5.91 Å². The van der Waals surface area contributed by atoms with Crippen LogP contribution in [0.15, 0.2) is 42.5 Å². The molecule has 0 saturated carbocycles. The van der Waals surface area contributed by atoms with Crippen LogP contribution < -0.4 is 4.74 Å². The summed E-state index contributed by atoms with van der Waals surface area (Å²) in [7, 11) is 1.48. The van der Waals surface area contributed by atoms with Gasteiger partial charge in [-0.2, -0.15) is 0 Å². The average Bonchev–Trinajstić information content (AvgIpc) is 3.20. The second kappa shape index (κ2) is 7.55. The highest BCUT2D eigenvalue weighted by atomic mass is 19.1. The Bertz CT molecular complexity index is 885. The molecule has 2 aromatic carbocycles. The number of methoxy groups -OCH3 is 1. The number of hydrogen-bond acceptors (Lipinski definition) is 3. The minimum atomic E-state index is -0.320. The van der Waals surface area contributed by atoms with Gasteiger partial charge < -0.3 is 9.64 Å². The lowest BCUT2D eigenvalue weighted by molar-refractivity contribution is -0.130. The van der Waals surface area contributed by atoms with Crippen molar-refractivity contribution in [1.82, 2.24) is 9.80 Å². The first-order chi connectivity index (χ1) is 13.5. The number of amides is 1. The van der Waals surface area contributed by atoms with E-state index in [9.17, 15) is 9.18 Å². The van der Waals surface area contributed by atoms with Crippen molar-refractivity contribution in [2.75, 3.05) is 26.7 Å². The molecule has 2 aliphatic heterocycles. The molecule has 2 fully saturated rings. The van der Waals surface area contributed by atoms with Gasteiger partial charge in [-0.25, -0.2) is 4.39 Å². The number of aryl methyl sites for hydroxylation is 1. The van der Waals surface area contributed by atoms with Gasteiger partial charge in [0.1, 0.15) is 0 Å². The van der Waals surface area contributed by atoms with Gasteiger partial charge in [-0.15, -0.1) is 0 Å². The number of hydrogen-bond donors (Lipinski definition) is 0. The van der Waals surface area contributed by atoms with Crippen LogP contribution in [0.5, 0.6) is 5.75 Å². The van der Waals surface area contributed by atoms with Crippen LogP contribution in [0.4, 0.5) is 4.39 Å². The third kappa shape index (κ3) is 3.39. The Labute approximate surface area is 165 Å². The van der Waals surface area contributed by atoms with Crippen molar-refractivity contribution in [2.24, 2.45) is 11.8 Å². The Morgan fingerprint density at radius 3 is 2.64 bits per heavy atom. The van der Waals surface area contributed by atoms with Crippen molar-refractivity contribution in [3.8, 4) is 5.75 Å². The van der Waals surface area contributed by atoms with E-state index in [1.165, 1.54) is 18.2 Å². The summed E-state index contributed by atoms with van der Waals surface area (Å²) in [4.78, 5) is 16.7. The average molecular weight is 382 g/mol. The van der Waals surface area contributed by atoms with E-state index < -0.39 is 0 Å². The smallest absolute Gasteiger partial charge is 0.219 e. The van der Waals surface area contributed by atoms with Crippen LogP contribution in [-0.2, 0) is 11.3 Å². The van der Waals surface area contributed by atoms with Crippen LogP contribution in [-0.4, -0.2) is 42.5 Å². The minimum absolute atomic E-state index is 0.126. The summed E-state index contributed by atoms with van der Waals surface area (Å²) in [6.45, 7) is 7.16. The van der Waals surface area contributed by atoms with Crippen molar-refractivity contribution in [2.45, 2.75) is 26.4 Å². The Balaban J connectivity index is 1.54. The fourth-order valence-corrected chi connectivity index (χ4v) is 4.97. The molecule has 2 aliphatic rings. The molecule has 4 rings (SSSR count). The third-order valence-electron chi connectivity index (χ3n) is 6.27. The van der Waals surface area contributed by atoms with Crippen LogP contribution in [0.25, 0.3) is 0 Å². The number of likely N-dealkylation sites (tertiary alicyclic amines) is 2. The lowest BCUT2D eigenvalue weighted by atomic mass is 9.87. The Morgan fingerprint density at radius 2 is 1.96 bits per heavy atom. The molecule has 0 aliphatic carbocycles. The Morgan fingerprint density at radius 1 is 1.18 bits per heavy atom. The zero-order valence-electron chi connectivity index (χ0n) is 16.7. The quantitative estimate of drug-likeness (QED) is 0.807. The second-order valence-corrected chi connectivity index (χ2v) is 8.06. The first-order valence-corrected chi connectivity index (χ1v) is 9.85. The number of carbonyl (C=O) groups excluding carboxylic acids is 1. The zero-order valence-corrected chi connectivity index (χ0v) is 16.7. The molecular formula is C23H27FN2O2. The van der Waals surface area contributed by atoms with E-state index in [1.807, 2.05) is 17.0 Å². The molecule has 28 heavy (non-hydrogen) atoms. The lowest BCUT2D eigenvalue weighted by Gasteiger charge is -2.30. The number of nitrogens with zero attached hydrogens (tertiary/aromatic N) is 2. The van der Waals surface area contributed by atoms with Crippen LogP contribution in [0.3, 0.4) is 0 Å². The summed E-state index contributed by atoms with van der Waals surface area (Å²) in [5, 5.41) is 0. The fourth-order valence-electron chi connectivity index (χ4n) is 4.97. The lowest BCUT2D eigenvalue weighted by Crippen LogP contribution is -2.34. The number of carbonyl (C=O) groups is 1. The van der Waals surface area contributed by atoms with Gasteiger partial charge in [-0.3, -0.25) is 9.69 Å². The van der Waals surface area contributed by atoms with Gasteiger partial charge >= 0.3 is 0 Å². The van der Waals surface area contributed by atoms with Gasteiger partial charge in [0.25, 0.3) is 0 Å². The molecule has 0 bridgehead atoms. The van der Waals surface area contributed by atoms with Gasteiger partial charge in [0, 0.05) is 39.0 Å². The fraction of sp³-hybridized carbons (Fsp3) is 0.435. The van der Waals surface area contributed by atoms with E-state index in [2.05, 4.69) is 30.0 Å². The van der Waals surface area contributed by atoms with Crippen LogP contribution >= 0.6 is 0 Å². The topological polar surface area (TPSA) is 32.8 Å². The summed E-state index contributed by atoms with van der Waals surface area (Å²) in [5.74, 6) is 0.967. The first kappa shape index (κ1) is 18.9. The van der Waals surface area contributed by atoms with E-state index in [0.29, 0.717) is 18.4 Å². The maximum Gasteiger partial charge on any atom is 0.219 e. The number of ether oxygens (including phenoxy) is 1. The minimum Gasteiger partial charge on any atom is -0.494 e. The predicted molar refractivity (Wildman–Crippen MR) is 107 cm³/mol. The van der Waals surface area contributed by atoms with Gasteiger partial charge in [0.05, 0.1) is 13.2 Å². The number of fused-ring (bicyclic) bond motifs is 1. The molecule has 2 heterocycles. The molecule has 0 spiro atoms. The van der Waals surface area contributed by atoms with E-state index in [0.717, 1.165) is 25.2 Å². The van der Waals surface area contributed by atoms with Crippen LogP contribution in [0, 0.1) is 24.6 Å². The maximum atomic E-state index is 14.0. The molecule has 2 saturated heterocycles. The first-order valence-electron chi connectivity index (χ1n) is 9.85. The molecule has 0 N–H and O–H groups in total. The molecule has 148 valence electrons. The Kier molecular flexibility index (Phi) is 5.11. The normalized spacial score (nSPS) is 24.4. The number of halogens is 1. The molecule has 0 aromatic heterocycles. The van der Waals surface area contributed by atoms with E-state index in [1.54, 1.807) is 19.1 Å². The summed E-state index contributed by atoms with van der Waals surface area (Å²) < 4.78 is 19.0. The molecule has 5 heteroatoms. The van der Waals surface area contributed by atoms with Gasteiger partial charge in [-0.1, -0.05) is 30.3 Å². The van der Waals surface area contributed by atoms with Gasteiger partial charge in [-0.05, 0) is 41.7 Å². The highest BCUT2D eigenvalue weighted by molar-refractivity contribution is 5.74. The van der Waals surface area contributed by atoms with E-state index in [-0.39, 0.29) is 23.5 Å². The second-order valence-electron chi connectivity index (χ2n) is 8.06. The molecule has 0 radical (unpaired) electrons. The molecule has 0 unspecified atom stereocenters. The summed E-state index contributed by atoms with van der Waals surface area (Å²) in [5.41, 5.74) is 3.44. The molecule has 1 amide bonds. The third-order valence-corrected chi connectivity index (χ3v) is 6.27. The molecule has 3 atom stereocenters. The maximum absolute atomic E-state index is 14.0. The van der Waals surface area contributed by atoms with Crippen molar-refractivity contribution in [3.63, 3.8) is 0 Å². The summed E-state index contributed by atoms with van der Waals surface area (Å²) in [6.07, 6.45) is 0. The van der Waals surface area contributed by atoms with Crippen LogP contribution in [0.1, 0.15) is 29.7 Å². The van der Waals surface area contributed by atoms with Gasteiger partial charge in [0.15, 0.2) is 11.6 Å². The summed E-state index contributed by atoms with van der Waals surface area (Å²) >= 11 is 0. The largest absolute Gasteiger partial charge is 0.494 e. The standard InChI is InChI=1S/C23H27FN2O2/c1-15-6-4-5-7-19(15)23-20-14-25(12-18(20)13-26(23)16(2)27)11-17-8-9-22(28-3)21(24)10-17/h4-10,18,20,23H,11-14H2,1-3H3/t18-,20-,23+/m1/s1. The summed E-state index contributed by atoms with van der Waals surface area (Å²) in [6, 6.07) is 13.7. The molecule has 2 aromatic rings. The van der Waals surface area contributed by atoms with Crippen molar-refractivity contribution >= 4 is 5.91 Å². The van der Waals surface area contributed by atoms with Crippen molar-refractivity contribution in [3.05, 3.63) is 65.0 Å². The molecular weight excluding hydrogens is 355 g/mol. The highest BCUT2D eigenvalue weighted by Gasteiger charge is 2.48. The number of rotatable bonds is 4. The van der Waals surface area contributed by atoms with Crippen molar-refractivity contribution in [1.29, 1.82) is 0 Å². The predicted octanol–water partition coefficient (Wildman–Crippen LogP) is 3.79. The number of benzene rings is 2. The van der Waals surface area contributed by atoms with Crippen molar-refractivity contribution < 1.29 is 13.9 Å². The monoisotopic (exact) mass is 382 g/mol. The van der Waals surface area contributed by atoms with Crippen LogP contribution in [0.2, 0.25) is 0 Å². The molecule has 4 nitrogen and oxygen atoms in total.